The highest BCUT2D eigenvalue weighted by molar-refractivity contribution is 6.30. The van der Waals surface area contributed by atoms with Crippen molar-refractivity contribution in [2.45, 2.75) is 18.9 Å². The van der Waals surface area contributed by atoms with Crippen LogP contribution in [0.5, 0.6) is 0 Å². The number of rotatable bonds is 3. The molecule has 1 rings (SSSR count). The smallest absolute Gasteiger partial charge is 0.342 e. The first-order valence-corrected chi connectivity index (χ1v) is 4.99. The molecule has 1 atom stereocenters. The van der Waals surface area contributed by atoms with E-state index >= 15 is 0 Å². The minimum atomic E-state index is -1.61. The highest BCUT2D eigenvalue weighted by atomic mass is 35.5. The third-order valence-electron chi connectivity index (χ3n) is 2.34. The number of aliphatic hydroxyl groups is 1. The van der Waals surface area contributed by atoms with E-state index in [4.69, 9.17) is 11.6 Å². The van der Waals surface area contributed by atoms with Crippen LogP contribution in [0.3, 0.4) is 0 Å². The second-order valence-corrected chi connectivity index (χ2v) is 3.65. The molecule has 0 fully saturated rings. The van der Waals surface area contributed by atoms with Crippen molar-refractivity contribution in [2.75, 3.05) is 7.11 Å². The third kappa shape index (κ3) is 2.30. The van der Waals surface area contributed by atoms with Gasteiger partial charge in [-0.3, -0.25) is 0 Å². The number of methoxy groups -OCH3 is 1. The highest BCUT2D eigenvalue weighted by Gasteiger charge is 2.37. The molecule has 0 bridgehead atoms. The monoisotopic (exact) mass is 228 g/mol. The second-order valence-electron chi connectivity index (χ2n) is 3.22. The number of hydrogen-bond acceptors (Lipinski definition) is 3. The van der Waals surface area contributed by atoms with E-state index < -0.39 is 11.6 Å². The quantitative estimate of drug-likeness (QED) is 0.806. The zero-order valence-electron chi connectivity index (χ0n) is 8.66. The summed E-state index contributed by atoms with van der Waals surface area (Å²) >= 11 is 5.79. The summed E-state index contributed by atoms with van der Waals surface area (Å²) in [5.74, 6) is -0.674. The van der Waals surface area contributed by atoms with E-state index in [9.17, 15) is 9.90 Å². The Labute approximate surface area is 93.6 Å². The summed E-state index contributed by atoms with van der Waals surface area (Å²) < 4.78 is 4.57. The van der Waals surface area contributed by atoms with E-state index in [1.165, 1.54) is 7.11 Å². The van der Waals surface area contributed by atoms with Crippen molar-refractivity contribution < 1.29 is 14.6 Å². The van der Waals surface area contributed by atoms with Crippen molar-refractivity contribution in [3.8, 4) is 0 Å². The minimum absolute atomic E-state index is 0.236. The van der Waals surface area contributed by atoms with Gasteiger partial charge in [0, 0.05) is 5.02 Å². The first-order chi connectivity index (χ1) is 7.04. The van der Waals surface area contributed by atoms with Crippen LogP contribution >= 0.6 is 11.6 Å². The van der Waals surface area contributed by atoms with E-state index in [-0.39, 0.29) is 6.42 Å². The van der Waals surface area contributed by atoms with Crippen LogP contribution in [0.4, 0.5) is 0 Å². The van der Waals surface area contributed by atoms with Gasteiger partial charge in [0.1, 0.15) is 0 Å². The number of benzene rings is 1. The van der Waals surface area contributed by atoms with E-state index in [0.29, 0.717) is 10.6 Å². The van der Waals surface area contributed by atoms with Gasteiger partial charge in [-0.15, -0.1) is 0 Å². The molecule has 1 unspecified atom stereocenters. The predicted octanol–water partition coefficient (Wildman–Crippen LogP) is 2.11. The zero-order valence-corrected chi connectivity index (χ0v) is 9.41. The maximum atomic E-state index is 11.5. The first-order valence-electron chi connectivity index (χ1n) is 4.61. The normalized spacial score (nSPS) is 14.4. The lowest BCUT2D eigenvalue weighted by Crippen LogP contribution is -2.36. The Balaban J connectivity index is 3.16. The number of halogens is 1. The first kappa shape index (κ1) is 12.0. The molecule has 0 radical (unpaired) electrons. The van der Waals surface area contributed by atoms with Gasteiger partial charge in [0.05, 0.1) is 7.11 Å². The van der Waals surface area contributed by atoms with Crippen LogP contribution in [-0.2, 0) is 15.1 Å². The standard InChI is InChI=1S/C11H13ClO3/c1-3-11(14,10(13)15-2)8-5-4-6-9(12)7-8/h4-7,14H,3H2,1-2H3. The molecular weight excluding hydrogens is 216 g/mol. The summed E-state index contributed by atoms with van der Waals surface area (Å²) in [6.45, 7) is 1.71. The van der Waals surface area contributed by atoms with E-state index in [0.717, 1.165) is 0 Å². The number of hydrogen-bond donors (Lipinski definition) is 1. The zero-order chi connectivity index (χ0) is 11.5. The van der Waals surface area contributed by atoms with Crippen molar-refractivity contribution in [1.82, 2.24) is 0 Å². The van der Waals surface area contributed by atoms with Crippen LogP contribution in [-0.4, -0.2) is 18.2 Å². The molecule has 0 aliphatic rings. The summed E-state index contributed by atoms with van der Waals surface area (Å²) in [6.07, 6.45) is 0.236. The highest BCUT2D eigenvalue weighted by Crippen LogP contribution is 2.28. The fourth-order valence-electron chi connectivity index (χ4n) is 1.38. The molecule has 0 aromatic heterocycles. The summed E-state index contributed by atoms with van der Waals surface area (Å²) in [5, 5.41) is 10.6. The molecule has 0 aliphatic heterocycles. The molecule has 0 aliphatic carbocycles. The summed E-state index contributed by atoms with van der Waals surface area (Å²) in [6, 6.07) is 6.56. The number of carbonyl (C=O) groups excluding carboxylic acids is 1. The molecule has 4 heteroatoms. The Morgan fingerprint density at radius 2 is 2.27 bits per heavy atom. The number of carbonyl (C=O) groups is 1. The van der Waals surface area contributed by atoms with Gasteiger partial charge < -0.3 is 9.84 Å². The lowest BCUT2D eigenvalue weighted by atomic mass is 9.91. The molecule has 0 heterocycles. The molecule has 0 amide bonds. The van der Waals surface area contributed by atoms with Crippen LogP contribution in [0.1, 0.15) is 18.9 Å². The van der Waals surface area contributed by atoms with Crippen LogP contribution in [0.15, 0.2) is 24.3 Å². The van der Waals surface area contributed by atoms with Crippen LogP contribution < -0.4 is 0 Å². The van der Waals surface area contributed by atoms with Gasteiger partial charge in [-0.2, -0.15) is 0 Å². The Bertz CT molecular complexity index is 365. The molecular formula is C11H13ClO3. The van der Waals surface area contributed by atoms with Crippen molar-refractivity contribution in [3.63, 3.8) is 0 Å². The molecule has 1 N–H and O–H groups in total. The van der Waals surface area contributed by atoms with Gasteiger partial charge in [-0.1, -0.05) is 30.7 Å². The average Bonchev–Trinajstić information content (AvgIpc) is 2.26. The largest absolute Gasteiger partial charge is 0.467 e. The van der Waals surface area contributed by atoms with Gasteiger partial charge in [0.15, 0.2) is 5.60 Å². The SMILES string of the molecule is CCC(O)(C(=O)OC)c1cccc(Cl)c1. The molecule has 82 valence electrons. The van der Waals surface area contributed by atoms with E-state index in [2.05, 4.69) is 4.74 Å². The molecule has 1 aromatic rings. The molecule has 1 aromatic carbocycles. The number of esters is 1. The van der Waals surface area contributed by atoms with Gasteiger partial charge in [0.2, 0.25) is 0 Å². The number of ether oxygens (including phenoxy) is 1. The Morgan fingerprint density at radius 3 is 2.73 bits per heavy atom. The van der Waals surface area contributed by atoms with Gasteiger partial charge in [0.25, 0.3) is 0 Å². The summed E-state index contributed by atoms with van der Waals surface area (Å²) in [7, 11) is 1.24. The predicted molar refractivity (Wildman–Crippen MR) is 57.7 cm³/mol. The van der Waals surface area contributed by atoms with Gasteiger partial charge in [-0.05, 0) is 24.1 Å². The topological polar surface area (TPSA) is 46.5 Å². The Morgan fingerprint density at radius 1 is 1.60 bits per heavy atom. The summed E-state index contributed by atoms with van der Waals surface area (Å²) in [5.41, 5.74) is -1.16. The van der Waals surface area contributed by atoms with Crippen molar-refractivity contribution in [1.29, 1.82) is 0 Å². The average molecular weight is 229 g/mol. The minimum Gasteiger partial charge on any atom is -0.467 e. The Kier molecular flexibility index (Phi) is 3.72. The molecule has 3 nitrogen and oxygen atoms in total. The second kappa shape index (κ2) is 4.64. The van der Waals surface area contributed by atoms with Gasteiger partial charge in [-0.25, -0.2) is 4.79 Å². The molecule has 0 saturated carbocycles. The van der Waals surface area contributed by atoms with Crippen molar-refractivity contribution >= 4 is 17.6 Å². The van der Waals surface area contributed by atoms with Crippen molar-refractivity contribution in [2.24, 2.45) is 0 Å². The third-order valence-corrected chi connectivity index (χ3v) is 2.57. The lowest BCUT2D eigenvalue weighted by molar-refractivity contribution is -0.164. The lowest BCUT2D eigenvalue weighted by Gasteiger charge is -2.24. The van der Waals surface area contributed by atoms with E-state index in [1.54, 1.807) is 31.2 Å². The maximum absolute atomic E-state index is 11.5. The maximum Gasteiger partial charge on any atom is 0.342 e. The van der Waals surface area contributed by atoms with Gasteiger partial charge >= 0.3 is 5.97 Å². The van der Waals surface area contributed by atoms with Crippen molar-refractivity contribution in [3.05, 3.63) is 34.9 Å². The van der Waals surface area contributed by atoms with Crippen LogP contribution in [0.25, 0.3) is 0 Å². The Hall–Kier alpha value is -1.06. The van der Waals surface area contributed by atoms with E-state index in [1.807, 2.05) is 0 Å². The van der Waals surface area contributed by atoms with Crippen LogP contribution in [0.2, 0.25) is 5.02 Å². The summed E-state index contributed by atoms with van der Waals surface area (Å²) in [4.78, 5) is 11.5. The fourth-order valence-corrected chi connectivity index (χ4v) is 1.57. The molecule has 0 spiro atoms. The molecule has 0 saturated heterocycles. The fraction of sp³-hybridized carbons (Fsp3) is 0.364. The van der Waals surface area contributed by atoms with Crippen LogP contribution in [0, 0.1) is 0 Å². The molecule has 15 heavy (non-hydrogen) atoms.